The van der Waals surface area contributed by atoms with Gasteiger partial charge in [0.15, 0.2) is 0 Å². The minimum absolute atomic E-state index is 0.220. The highest BCUT2D eigenvalue weighted by Gasteiger charge is 2.26. The van der Waals surface area contributed by atoms with Crippen molar-refractivity contribution in [3.05, 3.63) is 60.7 Å². The zero-order valence-electron chi connectivity index (χ0n) is 11.9. The fourth-order valence-corrected chi connectivity index (χ4v) is 2.14. The minimum Gasteiger partial charge on any atom is -0.490 e. The van der Waals surface area contributed by atoms with Crippen molar-refractivity contribution in [1.82, 2.24) is 5.48 Å². The van der Waals surface area contributed by atoms with Gasteiger partial charge in [-0.3, -0.25) is 14.8 Å². The first-order valence-corrected chi connectivity index (χ1v) is 6.60. The lowest BCUT2D eigenvalue weighted by Crippen LogP contribution is -2.38. The molecule has 114 valence electrons. The van der Waals surface area contributed by atoms with Crippen LogP contribution in [0.1, 0.15) is 10.4 Å². The molecule has 2 rings (SSSR count). The molecule has 1 heterocycles. The number of amides is 2. The Kier molecular flexibility index (Phi) is 4.75. The molecule has 0 aromatic heterocycles. The van der Waals surface area contributed by atoms with Gasteiger partial charge >= 0.3 is 0 Å². The molecule has 0 radical (unpaired) electrons. The van der Waals surface area contributed by atoms with Crippen molar-refractivity contribution in [2.45, 2.75) is 0 Å². The van der Waals surface area contributed by atoms with Crippen LogP contribution in [0.25, 0.3) is 0 Å². The highest BCUT2D eigenvalue weighted by Crippen LogP contribution is 2.33. The predicted octanol–water partition coefficient (Wildman–Crippen LogP) is 1.83. The maximum absolute atomic E-state index is 12.6. The first-order chi connectivity index (χ1) is 10.6. The fourth-order valence-electron chi connectivity index (χ4n) is 2.14. The van der Waals surface area contributed by atoms with Crippen LogP contribution in [-0.2, 0) is 4.79 Å². The third-order valence-electron chi connectivity index (χ3n) is 3.20. The molecule has 22 heavy (non-hydrogen) atoms. The topological polar surface area (TPSA) is 78.9 Å². The molecule has 0 saturated carbocycles. The normalized spacial score (nSPS) is 13.7. The number of fused-ring (bicyclic) bond motifs is 1. The van der Waals surface area contributed by atoms with Crippen LogP contribution in [0.2, 0.25) is 0 Å². The number of carbonyl (C=O) groups excluding carboxylic acids is 2. The van der Waals surface area contributed by atoms with E-state index in [4.69, 9.17) is 9.94 Å². The average molecular weight is 300 g/mol. The summed E-state index contributed by atoms with van der Waals surface area (Å²) >= 11 is 0. The summed E-state index contributed by atoms with van der Waals surface area (Å²) < 4.78 is 5.49. The Hall–Kier alpha value is -2.86. The summed E-state index contributed by atoms with van der Waals surface area (Å²) in [4.78, 5) is 25.6. The summed E-state index contributed by atoms with van der Waals surface area (Å²) in [6.45, 7) is 7.88. The molecule has 0 spiro atoms. The van der Waals surface area contributed by atoms with Gasteiger partial charge in [-0.25, -0.2) is 5.48 Å². The van der Waals surface area contributed by atoms with Crippen LogP contribution in [0.15, 0.2) is 55.2 Å². The molecule has 1 aromatic rings. The van der Waals surface area contributed by atoms with E-state index in [2.05, 4.69) is 13.2 Å². The maximum Gasteiger partial charge on any atom is 0.274 e. The summed E-state index contributed by atoms with van der Waals surface area (Å²) in [6, 6.07) is 4.59. The Morgan fingerprint density at radius 1 is 1.36 bits per heavy atom. The second-order valence-electron chi connectivity index (χ2n) is 4.49. The number of rotatable bonds is 4. The number of ether oxygens (including phenoxy) is 1. The van der Waals surface area contributed by atoms with E-state index in [-0.39, 0.29) is 11.5 Å². The third kappa shape index (κ3) is 2.91. The molecule has 2 amide bonds. The number of nitrogens with one attached hydrogen (secondary N) is 1. The van der Waals surface area contributed by atoms with E-state index in [0.717, 1.165) is 0 Å². The molecule has 2 N–H and O–H groups in total. The van der Waals surface area contributed by atoms with Crippen molar-refractivity contribution in [2.75, 3.05) is 18.1 Å². The van der Waals surface area contributed by atoms with E-state index >= 15 is 0 Å². The number of benzene rings is 1. The number of hydrogen-bond acceptors (Lipinski definition) is 4. The summed E-state index contributed by atoms with van der Waals surface area (Å²) in [5.41, 5.74) is 2.64. The molecule has 1 aliphatic rings. The average Bonchev–Trinajstić information content (AvgIpc) is 2.57. The largest absolute Gasteiger partial charge is 0.490 e. The number of allylic oxidation sites excluding steroid dienone is 2. The van der Waals surface area contributed by atoms with Crippen LogP contribution in [-0.4, -0.2) is 30.2 Å². The van der Waals surface area contributed by atoms with Gasteiger partial charge in [0.25, 0.3) is 11.8 Å². The molecule has 6 nitrogen and oxygen atoms in total. The van der Waals surface area contributed by atoms with Gasteiger partial charge in [0, 0.05) is 11.1 Å². The van der Waals surface area contributed by atoms with Crippen LogP contribution in [0.5, 0.6) is 5.75 Å². The Labute approximate surface area is 128 Å². The molecule has 0 atom stereocenters. The van der Waals surface area contributed by atoms with Gasteiger partial charge in [-0.15, -0.1) is 0 Å². The lowest BCUT2D eigenvalue weighted by atomic mass is 10.1. The maximum atomic E-state index is 12.6. The fraction of sp³-hybridized carbons (Fsp3) is 0.125. The lowest BCUT2D eigenvalue weighted by Gasteiger charge is -2.30. The Bertz CT molecular complexity index is 664. The van der Waals surface area contributed by atoms with Crippen molar-refractivity contribution >= 4 is 17.5 Å². The SMILES string of the molecule is C=C/C=C(\C=C)C(=O)N1CCOc2ccc(C(=O)NO)cc21. The summed E-state index contributed by atoms with van der Waals surface area (Å²) in [5, 5.41) is 8.72. The number of carbonyl (C=O) groups is 2. The second kappa shape index (κ2) is 6.73. The van der Waals surface area contributed by atoms with Crippen LogP contribution < -0.4 is 15.1 Å². The molecular formula is C16H16N2O4. The smallest absolute Gasteiger partial charge is 0.274 e. The van der Waals surface area contributed by atoms with Gasteiger partial charge in [0.2, 0.25) is 0 Å². The van der Waals surface area contributed by atoms with Crippen LogP contribution >= 0.6 is 0 Å². The van der Waals surface area contributed by atoms with E-state index in [1.165, 1.54) is 29.2 Å². The van der Waals surface area contributed by atoms with Gasteiger partial charge in [-0.05, 0) is 18.2 Å². The second-order valence-corrected chi connectivity index (χ2v) is 4.49. The van der Waals surface area contributed by atoms with E-state index in [9.17, 15) is 9.59 Å². The van der Waals surface area contributed by atoms with Gasteiger partial charge < -0.3 is 9.64 Å². The summed E-state index contributed by atoms with van der Waals surface area (Å²) in [5.74, 6) is -0.427. The molecule has 1 aromatic carbocycles. The van der Waals surface area contributed by atoms with Crippen LogP contribution in [0, 0.1) is 0 Å². The van der Waals surface area contributed by atoms with Crippen molar-refractivity contribution in [2.24, 2.45) is 0 Å². The number of hydroxylamine groups is 1. The quantitative estimate of drug-likeness (QED) is 0.385. The van der Waals surface area contributed by atoms with Crippen LogP contribution in [0.4, 0.5) is 5.69 Å². The monoisotopic (exact) mass is 300 g/mol. The number of hydrogen-bond donors (Lipinski definition) is 2. The molecule has 0 saturated heterocycles. The zero-order valence-corrected chi connectivity index (χ0v) is 11.9. The number of nitrogens with zero attached hydrogens (tertiary/aromatic N) is 1. The van der Waals surface area contributed by atoms with Crippen molar-refractivity contribution in [3.63, 3.8) is 0 Å². The van der Waals surface area contributed by atoms with E-state index in [0.29, 0.717) is 30.2 Å². The molecular weight excluding hydrogens is 284 g/mol. The Morgan fingerprint density at radius 3 is 2.77 bits per heavy atom. The van der Waals surface area contributed by atoms with E-state index in [1.807, 2.05) is 0 Å². The highest BCUT2D eigenvalue weighted by molar-refractivity contribution is 6.09. The third-order valence-corrected chi connectivity index (χ3v) is 3.20. The Balaban J connectivity index is 2.44. The van der Waals surface area contributed by atoms with Gasteiger partial charge in [-0.1, -0.05) is 31.4 Å². The van der Waals surface area contributed by atoms with Gasteiger partial charge in [-0.2, -0.15) is 0 Å². The lowest BCUT2D eigenvalue weighted by molar-refractivity contribution is -0.115. The van der Waals surface area contributed by atoms with Crippen molar-refractivity contribution in [3.8, 4) is 5.75 Å². The van der Waals surface area contributed by atoms with E-state index in [1.54, 1.807) is 17.6 Å². The Morgan fingerprint density at radius 2 is 2.14 bits per heavy atom. The molecule has 1 aliphatic heterocycles. The molecule has 6 heteroatoms. The summed E-state index contributed by atoms with van der Waals surface area (Å²) in [7, 11) is 0. The predicted molar refractivity (Wildman–Crippen MR) is 82.0 cm³/mol. The number of anilines is 1. The van der Waals surface area contributed by atoms with E-state index < -0.39 is 5.91 Å². The minimum atomic E-state index is -0.661. The highest BCUT2D eigenvalue weighted by atomic mass is 16.5. The molecule has 0 aliphatic carbocycles. The van der Waals surface area contributed by atoms with Crippen molar-refractivity contribution in [1.29, 1.82) is 0 Å². The van der Waals surface area contributed by atoms with Gasteiger partial charge in [0.1, 0.15) is 12.4 Å². The molecule has 0 fully saturated rings. The first kappa shape index (κ1) is 15.5. The zero-order chi connectivity index (χ0) is 16.1. The van der Waals surface area contributed by atoms with Crippen molar-refractivity contribution < 1.29 is 19.5 Å². The standard InChI is InChI=1S/C16H16N2O4/c1-3-5-11(4-2)16(20)18-8-9-22-14-7-6-12(10-13(14)18)15(19)17-21/h3-7,10,21H,1-2,8-9H2,(H,17,19)/b11-5+. The molecule has 0 unspecified atom stereocenters. The summed E-state index contributed by atoms with van der Waals surface area (Å²) in [6.07, 6.45) is 4.52. The first-order valence-electron chi connectivity index (χ1n) is 6.60. The van der Waals surface area contributed by atoms with Crippen LogP contribution in [0.3, 0.4) is 0 Å². The molecule has 0 bridgehead atoms. The van der Waals surface area contributed by atoms with Gasteiger partial charge in [0.05, 0.1) is 12.2 Å².